The van der Waals surface area contributed by atoms with Crippen LogP contribution in [0.1, 0.15) is 34.8 Å². The Hall–Kier alpha value is -2.46. The Morgan fingerprint density at radius 3 is 2.24 bits per heavy atom. The summed E-state index contributed by atoms with van der Waals surface area (Å²) in [4.78, 5) is 15.4. The van der Waals surface area contributed by atoms with Crippen LogP contribution in [0.5, 0.6) is 5.75 Å². The van der Waals surface area contributed by atoms with Crippen LogP contribution in [0.15, 0.2) is 53.4 Å². The van der Waals surface area contributed by atoms with E-state index in [9.17, 15) is 13.2 Å². The smallest absolute Gasteiger partial charge is 0.251 e. The number of nitrogens with zero attached hydrogens (tertiary/aromatic N) is 2. The van der Waals surface area contributed by atoms with Gasteiger partial charge in [-0.1, -0.05) is 12.1 Å². The molecule has 2 aliphatic rings. The maximum Gasteiger partial charge on any atom is 0.251 e. The predicted octanol–water partition coefficient (Wildman–Crippen LogP) is 2.28. The zero-order valence-electron chi connectivity index (χ0n) is 18.9. The highest BCUT2D eigenvalue weighted by Gasteiger charge is 2.27. The molecule has 0 radical (unpaired) electrons. The van der Waals surface area contributed by atoms with Crippen molar-refractivity contribution in [3.05, 3.63) is 59.7 Å². The van der Waals surface area contributed by atoms with E-state index in [1.54, 1.807) is 19.2 Å². The molecule has 0 unspecified atom stereocenters. The molecule has 2 saturated heterocycles. The lowest BCUT2D eigenvalue weighted by molar-refractivity contribution is 0.0162. The number of rotatable bonds is 8. The fourth-order valence-electron chi connectivity index (χ4n) is 4.32. The molecule has 1 atom stereocenters. The number of carbonyl (C=O) groups is 1. The van der Waals surface area contributed by atoms with Crippen molar-refractivity contribution in [1.29, 1.82) is 0 Å². The van der Waals surface area contributed by atoms with Gasteiger partial charge in [0.25, 0.3) is 5.91 Å². The number of morpholine rings is 1. The van der Waals surface area contributed by atoms with Gasteiger partial charge >= 0.3 is 0 Å². The second kappa shape index (κ2) is 10.6. The van der Waals surface area contributed by atoms with Crippen LogP contribution in [0.3, 0.4) is 0 Å². The van der Waals surface area contributed by atoms with Gasteiger partial charge in [-0.05, 0) is 54.8 Å². The second-order valence-electron chi connectivity index (χ2n) is 8.28. The normalized spacial score (nSPS) is 18.7. The van der Waals surface area contributed by atoms with Crippen molar-refractivity contribution in [1.82, 2.24) is 14.5 Å². The number of carbonyl (C=O) groups excluding carboxylic acids is 1. The molecule has 0 spiro atoms. The van der Waals surface area contributed by atoms with Crippen molar-refractivity contribution in [2.24, 2.45) is 0 Å². The first-order valence-electron chi connectivity index (χ1n) is 11.3. The molecule has 1 N–H and O–H groups in total. The average Bonchev–Trinajstić information content (AvgIpc) is 3.41. The van der Waals surface area contributed by atoms with E-state index in [1.807, 2.05) is 24.3 Å². The van der Waals surface area contributed by atoms with Gasteiger partial charge in [0.15, 0.2) is 0 Å². The molecule has 2 heterocycles. The molecule has 9 heteroatoms. The first-order chi connectivity index (χ1) is 16.0. The van der Waals surface area contributed by atoms with Crippen molar-refractivity contribution in [2.75, 3.05) is 53.0 Å². The second-order valence-corrected chi connectivity index (χ2v) is 10.2. The molecular formula is C24H31N3O5S. The number of ether oxygens (including phenoxy) is 2. The van der Waals surface area contributed by atoms with E-state index in [2.05, 4.69) is 10.2 Å². The van der Waals surface area contributed by atoms with E-state index in [4.69, 9.17) is 9.47 Å². The largest absolute Gasteiger partial charge is 0.497 e. The third-order valence-corrected chi connectivity index (χ3v) is 8.18. The minimum atomic E-state index is -3.49. The molecule has 1 amide bonds. The van der Waals surface area contributed by atoms with Crippen molar-refractivity contribution in [3.63, 3.8) is 0 Å². The third kappa shape index (κ3) is 5.55. The zero-order valence-corrected chi connectivity index (χ0v) is 19.7. The molecule has 8 nitrogen and oxygen atoms in total. The van der Waals surface area contributed by atoms with Gasteiger partial charge in [0, 0.05) is 38.3 Å². The zero-order chi connectivity index (χ0) is 23.3. The summed E-state index contributed by atoms with van der Waals surface area (Å²) in [6.45, 7) is 4.43. The van der Waals surface area contributed by atoms with Crippen molar-refractivity contribution in [2.45, 2.75) is 23.8 Å². The Morgan fingerprint density at radius 2 is 1.64 bits per heavy atom. The predicted molar refractivity (Wildman–Crippen MR) is 125 cm³/mol. The summed E-state index contributed by atoms with van der Waals surface area (Å²) >= 11 is 0. The molecule has 2 aromatic carbocycles. The third-order valence-electron chi connectivity index (χ3n) is 6.26. The summed E-state index contributed by atoms with van der Waals surface area (Å²) in [5.74, 6) is 0.555. The summed E-state index contributed by atoms with van der Waals surface area (Å²) in [7, 11) is -1.86. The number of hydrogen-bond donors (Lipinski definition) is 1. The minimum Gasteiger partial charge on any atom is -0.497 e. The highest BCUT2D eigenvalue weighted by molar-refractivity contribution is 7.89. The summed E-state index contributed by atoms with van der Waals surface area (Å²) in [6, 6.07) is 14.1. The minimum absolute atomic E-state index is 0.00132. The lowest BCUT2D eigenvalue weighted by atomic mass is 10.0. The Morgan fingerprint density at radius 1 is 1.00 bits per heavy atom. The topological polar surface area (TPSA) is 88.2 Å². The first-order valence-corrected chi connectivity index (χ1v) is 12.8. The first kappa shape index (κ1) is 23.7. The summed E-state index contributed by atoms with van der Waals surface area (Å²) in [6.07, 6.45) is 1.77. The number of nitrogens with one attached hydrogen (secondary N) is 1. The van der Waals surface area contributed by atoms with E-state index in [1.165, 1.54) is 16.4 Å². The standard InChI is InChI=1S/C24H31N3O5S/c1-31-21-8-4-19(5-9-21)23(26-14-16-32-17-15-26)18-25-24(28)20-6-10-22(11-7-20)33(29,30)27-12-2-3-13-27/h4-11,23H,2-3,12-18H2,1H3,(H,25,28)/t23-/m1/s1. The lowest BCUT2D eigenvalue weighted by Gasteiger charge is -2.35. The van der Waals surface area contributed by atoms with E-state index < -0.39 is 10.0 Å². The molecule has 4 rings (SSSR count). The average molecular weight is 474 g/mol. The molecular weight excluding hydrogens is 442 g/mol. The summed E-state index contributed by atoms with van der Waals surface area (Å²) in [5.41, 5.74) is 1.52. The van der Waals surface area contributed by atoms with Crippen molar-refractivity contribution < 1.29 is 22.7 Å². The highest BCUT2D eigenvalue weighted by Crippen LogP contribution is 2.24. The number of sulfonamides is 1. The molecule has 2 aliphatic heterocycles. The van der Waals surface area contributed by atoms with Crippen LogP contribution in [0.2, 0.25) is 0 Å². The van der Waals surface area contributed by atoms with Crippen LogP contribution in [-0.2, 0) is 14.8 Å². The SMILES string of the molecule is COc1ccc([C@@H](CNC(=O)c2ccc(S(=O)(=O)N3CCCC3)cc2)N2CCOCC2)cc1. The van der Waals surface area contributed by atoms with Crippen LogP contribution in [0, 0.1) is 0 Å². The Balaban J connectivity index is 1.44. The molecule has 0 aromatic heterocycles. The Bertz CT molecular complexity index is 1030. The van der Waals surface area contributed by atoms with Gasteiger partial charge < -0.3 is 14.8 Å². The van der Waals surface area contributed by atoms with Gasteiger partial charge in [0.2, 0.25) is 10.0 Å². The van der Waals surface area contributed by atoms with Gasteiger partial charge in [0.05, 0.1) is 31.3 Å². The number of hydrogen-bond acceptors (Lipinski definition) is 6. The van der Waals surface area contributed by atoms with E-state index in [0.29, 0.717) is 38.4 Å². The monoisotopic (exact) mass is 473 g/mol. The number of benzene rings is 2. The van der Waals surface area contributed by atoms with Crippen LogP contribution in [-0.4, -0.2) is 76.6 Å². The summed E-state index contributed by atoms with van der Waals surface area (Å²) in [5, 5.41) is 3.02. The van der Waals surface area contributed by atoms with Crippen LogP contribution in [0.4, 0.5) is 0 Å². The fraction of sp³-hybridized carbons (Fsp3) is 0.458. The maximum absolute atomic E-state index is 12.8. The molecule has 178 valence electrons. The molecule has 33 heavy (non-hydrogen) atoms. The molecule has 2 fully saturated rings. The summed E-state index contributed by atoms with van der Waals surface area (Å²) < 4.78 is 37.7. The van der Waals surface area contributed by atoms with Gasteiger partial charge in [-0.3, -0.25) is 9.69 Å². The van der Waals surface area contributed by atoms with Crippen LogP contribution in [0.25, 0.3) is 0 Å². The van der Waals surface area contributed by atoms with Crippen LogP contribution < -0.4 is 10.1 Å². The van der Waals surface area contributed by atoms with E-state index in [-0.39, 0.29) is 16.8 Å². The number of methoxy groups -OCH3 is 1. The van der Waals surface area contributed by atoms with Gasteiger partial charge in [0.1, 0.15) is 5.75 Å². The number of amides is 1. The Kier molecular flexibility index (Phi) is 7.64. The molecule has 2 aromatic rings. The molecule has 0 bridgehead atoms. The van der Waals surface area contributed by atoms with Gasteiger partial charge in [-0.2, -0.15) is 4.31 Å². The van der Waals surface area contributed by atoms with Crippen molar-refractivity contribution in [3.8, 4) is 5.75 Å². The van der Waals surface area contributed by atoms with E-state index >= 15 is 0 Å². The van der Waals surface area contributed by atoms with E-state index in [0.717, 1.165) is 37.2 Å². The molecule has 0 saturated carbocycles. The van der Waals surface area contributed by atoms with Gasteiger partial charge in [-0.25, -0.2) is 8.42 Å². The Labute approximate surface area is 195 Å². The fourth-order valence-corrected chi connectivity index (χ4v) is 5.84. The van der Waals surface area contributed by atoms with Gasteiger partial charge in [-0.15, -0.1) is 0 Å². The lowest BCUT2D eigenvalue weighted by Crippen LogP contribution is -2.43. The maximum atomic E-state index is 12.8. The van der Waals surface area contributed by atoms with Crippen molar-refractivity contribution >= 4 is 15.9 Å². The molecule has 0 aliphatic carbocycles. The van der Waals surface area contributed by atoms with Crippen LogP contribution >= 0.6 is 0 Å². The quantitative estimate of drug-likeness (QED) is 0.633. The highest BCUT2D eigenvalue weighted by atomic mass is 32.2.